The van der Waals surface area contributed by atoms with E-state index in [1.54, 1.807) is 0 Å². The standard InChI is InChI=1S/C17H24N2Si/c1-14(2)19-16-11-7-6-10-15(16)18-17(19)12-8-9-13-20(3,4)5/h6-7,10-11,14H,8,12H2,1-5H3. The molecule has 0 radical (unpaired) electrons. The third kappa shape index (κ3) is 3.52. The van der Waals surface area contributed by atoms with Crippen LogP contribution in [0.2, 0.25) is 19.6 Å². The highest BCUT2D eigenvalue weighted by Gasteiger charge is 2.12. The molecule has 1 aromatic carbocycles. The van der Waals surface area contributed by atoms with E-state index >= 15 is 0 Å². The monoisotopic (exact) mass is 284 g/mol. The fourth-order valence-corrected chi connectivity index (χ4v) is 3.00. The average Bonchev–Trinajstić information content (AvgIpc) is 2.71. The number of hydrogen-bond donors (Lipinski definition) is 0. The molecule has 0 aliphatic heterocycles. The third-order valence-corrected chi connectivity index (χ3v) is 4.05. The number of nitrogens with zero attached hydrogens (tertiary/aromatic N) is 2. The van der Waals surface area contributed by atoms with Crippen LogP contribution in [0.3, 0.4) is 0 Å². The van der Waals surface area contributed by atoms with Crippen molar-refractivity contribution in [2.75, 3.05) is 0 Å². The molecule has 0 fully saturated rings. The van der Waals surface area contributed by atoms with Crippen molar-refractivity contribution in [2.45, 2.75) is 52.4 Å². The van der Waals surface area contributed by atoms with Gasteiger partial charge in [0.1, 0.15) is 13.9 Å². The maximum absolute atomic E-state index is 4.77. The molecule has 1 aromatic heterocycles. The summed E-state index contributed by atoms with van der Waals surface area (Å²) in [4.78, 5) is 4.77. The summed E-state index contributed by atoms with van der Waals surface area (Å²) in [7, 11) is -1.25. The molecule has 20 heavy (non-hydrogen) atoms. The van der Waals surface area contributed by atoms with Gasteiger partial charge in [-0.05, 0) is 26.0 Å². The van der Waals surface area contributed by atoms with Gasteiger partial charge < -0.3 is 4.57 Å². The molecule has 1 heterocycles. The minimum Gasteiger partial charge on any atom is -0.325 e. The van der Waals surface area contributed by atoms with Crippen molar-refractivity contribution in [3.63, 3.8) is 0 Å². The van der Waals surface area contributed by atoms with Crippen LogP contribution in [0.15, 0.2) is 24.3 Å². The zero-order chi connectivity index (χ0) is 14.8. The van der Waals surface area contributed by atoms with Gasteiger partial charge in [0.05, 0.1) is 11.0 Å². The largest absolute Gasteiger partial charge is 0.325 e. The molecule has 0 N–H and O–H groups in total. The Morgan fingerprint density at radius 1 is 1.20 bits per heavy atom. The van der Waals surface area contributed by atoms with E-state index in [-0.39, 0.29) is 0 Å². The van der Waals surface area contributed by atoms with Gasteiger partial charge in [-0.3, -0.25) is 0 Å². The Balaban J connectivity index is 2.25. The fraction of sp³-hybridized carbons (Fsp3) is 0.471. The second-order valence-electron chi connectivity index (χ2n) is 6.53. The molecule has 0 saturated heterocycles. The highest BCUT2D eigenvalue weighted by atomic mass is 28.3. The van der Waals surface area contributed by atoms with Crippen molar-refractivity contribution in [1.29, 1.82) is 0 Å². The molecule has 0 saturated carbocycles. The van der Waals surface area contributed by atoms with Crippen LogP contribution in [0, 0.1) is 11.5 Å². The van der Waals surface area contributed by atoms with Gasteiger partial charge in [-0.25, -0.2) is 4.98 Å². The van der Waals surface area contributed by atoms with E-state index in [0.29, 0.717) is 6.04 Å². The summed E-state index contributed by atoms with van der Waals surface area (Å²) in [5.74, 6) is 4.50. The zero-order valence-corrected chi connectivity index (χ0v) is 14.2. The first-order chi connectivity index (χ1) is 9.38. The van der Waals surface area contributed by atoms with Crippen LogP contribution in [-0.4, -0.2) is 17.6 Å². The Morgan fingerprint density at radius 2 is 1.90 bits per heavy atom. The lowest BCUT2D eigenvalue weighted by Gasteiger charge is -2.12. The van der Waals surface area contributed by atoms with Crippen LogP contribution in [0.4, 0.5) is 0 Å². The molecule has 0 unspecified atom stereocenters. The van der Waals surface area contributed by atoms with E-state index in [9.17, 15) is 0 Å². The van der Waals surface area contributed by atoms with Crippen molar-refractivity contribution < 1.29 is 0 Å². The first kappa shape index (κ1) is 14.9. The second-order valence-corrected chi connectivity index (χ2v) is 11.3. The number of benzene rings is 1. The highest BCUT2D eigenvalue weighted by molar-refractivity contribution is 6.83. The molecule has 0 aliphatic carbocycles. The van der Waals surface area contributed by atoms with E-state index in [4.69, 9.17) is 4.98 Å². The van der Waals surface area contributed by atoms with Gasteiger partial charge in [-0.2, -0.15) is 0 Å². The molecule has 106 valence electrons. The number of fused-ring (bicyclic) bond motifs is 1. The predicted molar refractivity (Wildman–Crippen MR) is 89.6 cm³/mol. The number of aromatic nitrogens is 2. The number of hydrogen-bond acceptors (Lipinski definition) is 1. The lowest BCUT2D eigenvalue weighted by Crippen LogP contribution is -2.16. The van der Waals surface area contributed by atoms with E-state index < -0.39 is 8.07 Å². The van der Waals surface area contributed by atoms with Crippen molar-refractivity contribution in [2.24, 2.45) is 0 Å². The summed E-state index contributed by atoms with van der Waals surface area (Å²) in [6, 6.07) is 8.81. The Bertz CT molecular complexity index is 651. The summed E-state index contributed by atoms with van der Waals surface area (Å²) in [5.41, 5.74) is 5.75. The minimum atomic E-state index is -1.25. The summed E-state index contributed by atoms with van der Waals surface area (Å²) in [6.07, 6.45) is 1.84. The second kappa shape index (κ2) is 5.84. The van der Waals surface area contributed by atoms with Crippen molar-refractivity contribution >= 4 is 19.1 Å². The van der Waals surface area contributed by atoms with Gasteiger partial charge in [0.15, 0.2) is 0 Å². The van der Waals surface area contributed by atoms with E-state index in [1.807, 2.05) is 0 Å². The van der Waals surface area contributed by atoms with Crippen LogP contribution in [0.5, 0.6) is 0 Å². The van der Waals surface area contributed by atoms with Gasteiger partial charge in [-0.1, -0.05) is 31.8 Å². The maximum Gasteiger partial charge on any atom is 0.129 e. The van der Waals surface area contributed by atoms with Crippen LogP contribution in [0.25, 0.3) is 11.0 Å². The smallest absolute Gasteiger partial charge is 0.129 e. The van der Waals surface area contributed by atoms with Crippen molar-refractivity contribution in [3.8, 4) is 11.5 Å². The molecule has 2 rings (SSSR count). The zero-order valence-electron chi connectivity index (χ0n) is 13.2. The van der Waals surface area contributed by atoms with E-state index in [2.05, 4.69) is 73.8 Å². The summed E-state index contributed by atoms with van der Waals surface area (Å²) in [5, 5.41) is 0. The SMILES string of the molecule is CC(C)n1c(CCC#C[Si](C)(C)C)nc2ccccc21. The normalized spacial score (nSPS) is 11.7. The van der Waals surface area contributed by atoms with Gasteiger partial charge in [0.25, 0.3) is 0 Å². The highest BCUT2D eigenvalue weighted by Crippen LogP contribution is 2.21. The van der Waals surface area contributed by atoms with Crippen LogP contribution in [-0.2, 0) is 6.42 Å². The molecule has 0 amide bonds. The molecule has 0 spiro atoms. The predicted octanol–water partition coefficient (Wildman–Crippen LogP) is 4.43. The Labute approximate surface area is 123 Å². The van der Waals surface area contributed by atoms with E-state index in [1.165, 1.54) is 5.52 Å². The average molecular weight is 284 g/mol. The van der Waals surface area contributed by atoms with Crippen molar-refractivity contribution in [1.82, 2.24) is 9.55 Å². The Hall–Kier alpha value is -1.53. The van der Waals surface area contributed by atoms with Gasteiger partial charge in [0, 0.05) is 18.9 Å². The molecular formula is C17H24N2Si. The van der Waals surface area contributed by atoms with Crippen LogP contribution < -0.4 is 0 Å². The third-order valence-electron chi connectivity index (χ3n) is 3.12. The number of rotatable bonds is 3. The summed E-state index contributed by atoms with van der Waals surface area (Å²) >= 11 is 0. The first-order valence-electron chi connectivity index (χ1n) is 7.34. The van der Waals surface area contributed by atoms with E-state index in [0.717, 1.165) is 24.2 Å². The van der Waals surface area contributed by atoms with Gasteiger partial charge in [0.2, 0.25) is 0 Å². The van der Waals surface area contributed by atoms with Crippen LogP contribution >= 0.6 is 0 Å². The van der Waals surface area contributed by atoms with Crippen LogP contribution in [0.1, 0.15) is 32.1 Å². The number of imidazole rings is 1. The first-order valence-corrected chi connectivity index (χ1v) is 10.8. The maximum atomic E-state index is 4.77. The molecule has 3 heteroatoms. The summed E-state index contributed by atoms with van der Waals surface area (Å²) < 4.78 is 2.34. The lowest BCUT2D eigenvalue weighted by atomic mass is 10.2. The minimum absolute atomic E-state index is 0.433. The Kier molecular flexibility index (Phi) is 4.34. The van der Waals surface area contributed by atoms with Gasteiger partial charge in [-0.15, -0.1) is 11.5 Å². The molecule has 0 atom stereocenters. The molecule has 0 aliphatic rings. The topological polar surface area (TPSA) is 17.8 Å². The molecule has 2 aromatic rings. The molecular weight excluding hydrogens is 260 g/mol. The Morgan fingerprint density at radius 3 is 2.55 bits per heavy atom. The molecule has 0 bridgehead atoms. The lowest BCUT2D eigenvalue weighted by molar-refractivity contribution is 0.584. The molecule has 2 nitrogen and oxygen atoms in total. The quantitative estimate of drug-likeness (QED) is 0.602. The van der Waals surface area contributed by atoms with Gasteiger partial charge >= 0.3 is 0 Å². The summed E-state index contributed by atoms with van der Waals surface area (Å²) in [6.45, 7) is 11.3. The van der Waals surface area contributed by atoms with Crippen molar-refractivity contribution in [3.05, 3.63) is 30.1 Å². The number of aryl methyl sites for hydroxylation is 1. The fourth-order valence-electron chi connectivity index (χ4n) is 2.35. The number of para-hydroxylation sites is 2.